The van der Waals surface area contributed by atoms with E-state index in [1.807, 2.05) is 48.5 Å². The lowest BCUT2D eigenvalue weighted by atomic mass is 10.0. The van der Waals surface area contributed by atoms with Gasteiger partial charge in [-0.15, -0.1) is 0 Å². The Morgan fingerprint density at radius 3 is 2.44 bits per heavy atom. The van der Waals surface area contributed by atoms with Gasteiger partial charge in [0.15, 0.2) is 5.78 Å². The lowest BCUT2D eigenvalue weighted by Gasteiger charge is -2.03. The maximum absolute atomic E-state index is 11.2. The van der Waals surface area contributed by atoms with Crippen LogP contribution < -0.4 is 5.73 Å². The van der Waals surface area contributed by atoms with E-state index in [0.29, 0.717) is 0 Å². The average molecular weight is 238 g/mol. The average Bonchev–Trinajstić information content (AvgIpc) is 2.39. The highest BCUT2D eigenvalue weighted by atomic mass is 16.1. The molecule has 2 rings (SSSR count). The number of carbonyl (C=O) groups excluding carboxylic acids is 1. The van der Waals surface area contributed by atoms with E-state index >= 15 is 0 Å². The molecular weight excluding hydrogens is 224 g/mol. The number of aliphatic imine (C=N–C) groups is 1. The van der Waals surface area contributed by atoms with Crippen molar-refractivity contribution in [1.29, 1.82) is 0 Å². The molecule has 0 aliphatic carbocycles. The van der Waals surface area contributed by atoms with E-state index in [4.69, 9.17) is 5.73 Å². The number of Topliss-reactive ketones (excluding diaryl/α,β-unsaturated/α-hetero) is 1. The van der Waals surface area contributed by atoms with Crippen LogP contribution in [0.15, 0.2) is 53.5 Å². The second-order valence-electron chi connectivity index (χ2n) is 3.96. The van der Waals surface area contributed by atoms with Gasteiger partial charge in [0.2, 0.25) is 0 Å². The van der Waals surface area contributed by atoms with Gasteiger partial charge in [-0.2, -0.15) is 0 Å². The van der Waals surface area contributed by atoms with Crippen LogP contribution in [0.25, 0.3) is 11.1 Å². The zero-order valence-corrected chi connectivity index (χ0v) is 10.1. The van der Waals surface area contributed by atoms with Gasteiger partial charge in [-0.05, 0) is 30.2 Å². The van der Waals surface area contributed by atoms with Crippen LogP contribution in [0, 0.1) is 0 Å². The number of rotatable bonds is 3. The molecule has 0 spiro atoms. The quantitative estimate of drug-likeness (QED) is 0.507. The van der Waals surface area contributed by atoms with E-state index in [0.717, 1.165) is 22.4 Å². The summed E-state index contributed by atoms with van der Waals surface area (Å²) in [7, 11) is 0. The summed E-state index contributed by atoms with van der Waals surface area (Å²) in [6, 6.07) is 15.3. The maximum Gasteiger partial charge on any atom is 0.159 e. The molecule has 18 heavy (non-hydrogen) atoms. The molecule has 0 atom stereocenters. The second kappa shape index (κ2) is 5.27. The topological polar surface area (TPSA) is 55.5 Å². The van der Waals surface area contributed by atoms with Gasteiger partial charge in [0, 0.05) is 5.56 Å². The van der Waals surface area contributed by atoms with Crippen molar-refractivity contribution < 1.29 is 4.79 Å². The molecule has 0 aliphatic heterocycles. The van der Waals surface area contributed by atoms with Gasteiger partial charge in [0.25, 0.3) is 0 Å². The third-order valence-electron chi connectivity index (χ3n) is 2.69. The molecule has 0 aliphatic rings. The molecule has 2 aromatic carbocycles. The molecular formula is C15H14N2O. The molecule has 3 nitrogen and oxygen atoms in total. The highest BCUT2D eigenvalue weighted by Gasteiger charge is 2.01. The normalized spacial score (nSPS) is 10.7. The van der Waals surface area contributed by atoms with Crippen molar-refractivity contribution in [2.75, 3.05) is 0 Å². The largest absolute Gasteiger partial charge is 0.390 e. The van der Waals surface area contributed by atoms with Gasteiger partial charge in [-0.1, -0.05) is 36.4 Å². The molecule has 0 bridgehead atoms. The molecule has 0 heterocycles. The first-order chi connectivity index (χ1) is 8.70. The van der Waals surface area contributed by atoms with Crippen molar-refractivity contribution in [3.8, 4) is 11.1 Å². The summed E-state index contributed by atoms with van der Waals surface area (Å²) in [5.41, 5.74) is 8.90. The summed E-state index contributed by atoms with van der Waals surface area (Å²) < 4.78 is 0. The lowest BCUT2D eigenvalue weighted by Crippen LogP contribution is -1.90. The molecule has 0 aromatic heterocycles. The zero-order chi connectivity index (χ0) is 13.0. The Morgan fingerprint density at radius 2 is 1.83 bits per heavy atom. The minimum atomic E-state index is 0.0723. The van der Waals surface area contributed by atoms with Gasteiger partial charge in [-0.25, -0.2) is 4.99 Å². The third kappa shape index (κ3) is 2.63. The first-order valence-electron chi connectivity index (χ1n) is 5.66. The fraction of sp³-hybridized carbons (Fsp3) is 0.0667. The van der Waals surface area contributed by atoms with Crippen LogP contribution in [0.2, 0.25) is 0 Å². The van der Waals surface area contributed by atoms with Crippen LogP contribution in [0.3, 0.4) is 0 Å². The molecule has 0 unspecified atom stereocenters. The van der Waals surface area contributed by atoms with Crippen LogP contribution in [0.1, 0.15) is 17.3 Å². The zero-order valence-electron chi connectivity index (χ0n) is 10.1. The van der Waals surface area contributed by atoms with Gasteiger partial charge in [-0.3, -0.25) is 4.79 Å². The van der Waals surface area contributed by atoms with E-state index in [2.05, 4.69) is 4.99 Å². The third-order valence-corrected chi connectivity index (χ3v) is 2.69. The van der Waals surface area contributed by atoms with Crippen molar-refractivity contribution >= 4 is 17.8 Å². The first-order valence-corrected chi connectivity index (χ1v) is 5.66. The number of hydrogen-bond donors (Lipinski definition) is 1. The van der Waals surface area contributed by atoms with E-state index in [1.54, 1.807) is 6.92 Å². The number of hydrogen-bond acceptors (Lipinski definition) is 2. The number of benzene rings is 2. The Hall–Kier alpha value is -2.42. The summed E-state index contributed by atoms with van der Waals surface area (Å²) in [5, 5.41) is 0. The fourth-order valence-corrected chi connectivity index (χ4v) is 1.75. The number of nitrogens with two attached hydrogens (primary N) is 1. The predicted molar refractivity (Wildman–Crippen MR) is 74.2 cm³/mol. The SMILES string of the molecule is CC(=O)c1ccc(-c2cccc(N=CN)c2)cc1. The molecule has 0 saturated carbocycles. The molecule has 90 valence electrons. The Kier molecular flexibility index (Phi) is 3.53. The minimum absolute atomic E-state index is 0.0723. The van der Waals surface area contributed by atoms with Crippen molar-refractivity contribution in [3.05, 3.63) is 54.1 Å². The molecule has 0 amide bonds. The van der Waals surface area contributed by atoms with Crippen LogP contribution in [0.4, 0.5) is 5.69 Å². The Morgan fingerprint density at radius 1 is 1.11 bits per heavy atom. The molecule has 3 heteroatoms. The first kappa shape index (κ1) is 12.0. The fourth-order valence-electron chi connectivity index (χ4n) is 1.75. The summed E-state index contributed by atoms with van der Waals surface area (Å²) in [4.78, 5) is 15.2. The smallest absolute Gasteiger partial charge is 0.159 e. The van der Waals surface area contributed by atoms with Crippen LogP contribution in [-0.4, -0.2) is 12.1 Å². The van der Waals surface area contributed by atoms with E-state index in [9.17, 15) is 4.79 Å². The number of carbonyl (C=O) groups is 1. The van der Waals surface area contributed by atoms with E-state index in [1.165, 1.54) is 6.34 Å². The highest BCUT2D eigenvalue weighted by Crippen LogP contribution is 2.24. The predicted octanol–water partition coefficient (Wildman–Crippen LogP) is 3.17. The van der Waals surface area contributed by atoms with E-state index < -0.39 is 0 Å². The number of nitrogens with zero attached hydrogens (tertiary/aromatic N) is 1. The standard InChI is InChI=1S/C15H14N2O/c1-11(18)12-5-7-13(8-6-12)14-3-2-4-15(9-14)17-10-16/h2-10H,1H3,(H2,16,17). The summed E-state index contributed by atoms with van der Waals surface area (Å²) in [6.45, 7) is 1.56. The van der Waals surface area contributed by atoms with Crippen LogP contribution in [0.5, 0.6) is 0 Å². The monoisotopic (exact) mass is 238 g/mol. The van der Waals surface area contributed by atoms with Crippen molar-refractivity contribution in [2.24, 2.45) is 10.7 Å². The van der Waals surface area contributed by atoms with Gasteiger partial charge in [0.05, 0.1) is 12.0 Å². The molecule has 0 saturated heterocycles. The Balaban J connectivity index is 2.36. The summed E-state index contributed by atoms with van der Waals surface area (Å²) in [5.74, 6) is 0.0723. The number of ketones is 1. The highest BCUT2D eigenvalue weighted by molar-refractivity contribution is 5.94. The maximum atomic E-state index is 11.2. The van der Waals surface area contributed by atoms with Gasteiger partial charge < -0.3 is 5.73 Å². The van der Waals surface area contributed by atoms with Gasteiger partial charge >= 0.3 is 0 Å². The molecule has 0 fully saturated rings. The van der Waals surface area contributed by atoms with Crippen molar-refractivity contribution in [1.82, 2.24) is 0 Å². The van der Waals surface area contributed by atoms with E-state index in [-0.39, 0.29) is 5.78 Å². The molecule has 2 aromatic rings. The summed E-state index contributed by atoms with van der Waals surface area (Å²) in [6.07, 6.45) is 1.28. The van der Waals surface area contributed by atoms with Crippen LogP contribution >= 0.6 is 0 Å². The second-order valence-corrected chi connectivity index (χ2v) is 3.96. The van der Waals surface area contributed by atoms with Crippen molar-refractivity contribution in [3.63, 3.8) is 0 Å². The Labute approximate surface area is 106 Å². The minimum Gasteiger partial charge on any atom is -0.390 e. The van der Waals surface area contributed by atoms with Gasteiger partial charge in [0.1, 0.15) is 0 Å². The molecule has 0 radical (unpaired) electrons. The Bertz CT molecular complexity index is 586. The van der Waals surface area contributed by atoms with Crippen molar-refractivity contribution in [2.45, 2.75) is 6.92 Å². The lowest BCUT2D eigenvalue weighted by molar-refractivity contribution is 0.101. The summed E-state index contributed by atoms with van der Waals surface area (Å²) >= 11 is 0. The molecule has 2 N–H and O–H groups in total. The van der Waals surface area contributed by atoms with Crippen LogP contribution in [-0.2, 0) is 0 Å².